The largest absolute Gasteiger partial charge is 0.297 e. The molecular formula is C26H18N4O7S2. The fraction of sp³-hybridized carbons (Fsp3) is 0.115. The number of hydrogen-bond acceptors (Lipinski definition) is 10. The Morgan fingerprint density at radius 1 is 1.03 bits per heavy atom. The highest BCUT2D eigenvalue weighted by atomic mass is 32.2. The number of Topliss-reactive ketones (excluding diaryl/α,β-unsaturated/α-hetero) is 2. The first-order valence-electron chi connectivity index (χ1n) is 11.4. The summed E-state index contributed by atoms with van der Waals surface area (Å²) in [7, 11) is -4.15. The fourth-order valence-corrected chi connectivity index (χ4v) is 6.83. The SMILES string of the molecule is Cc1ccc(C(=O)C2C(=O)C(=O)N(c3ncc(S(=O)(=O)c4ccc([N+](=O)[O-])cc4)s3)C2c2cccnc2)cc1. The molecule has 0 bridgehead atoms. The molecule has 1 aliphatic rings. The lowest BCUT2D eigenvalue weighted by molar-refractivity contribution is -0.384. The number of anilines is 1. The molecule has 0 spiro atoms. The van der Waals surface area contributed by atoms with Crippen LogP contribution < -0.4 is 4.90 Å². The van der Waals surface area contributed by atoms with Gasteiger partial charge in [-0.05, 0) is 30.7 Å². The number of amides is 1. The minimum Gasteiger partial charge on any atom is -0.293 e. The number of thiazole rings is 1. The topological polar surface area (TPSA) is 158 Å². The zero-order valence-corrected chi connectivity index (χ0v) is 21.8. The van der Waals surface area contributed by atoms with Gasteiger partial charge in [-0.2, -0.15) is 0 Å². The predicted molar refractivity (Wildman–Crippen MR) is 139 cm³/mol. The molecule has 11 nitrogen and oxygen atoms in total. The summed E-state index contributed by atoms with van der Waals surface area (Å²) in [6.07, 6.45) is 3.98. The number of ketones is 2. The normalized spacial score (nSPS) is 17.4. The maximum absolute atomic E-state index is 13.5. The smallest absolute Gasteiger partial charge is 0.293 e. The van der Waals surface area contributed by atoms with E-state index in [0.717, 1.165) is 40.9 Å². The van der Waals surface area contributed by atoms with Crippen molar-refractivity contribution < 1.29 is 27.7 Å². The molecule has 3 heterocycles. The van der Waals surface area contributed by atoms with Gasteiger partial charge in [0.1, 0.15) is 10.1 Å². The van der Waals surface area contributed by atoms with Gasteiger partial charge >= 0.3 is 0 Å². The second-order valence-corrected chi connectivity index (χ2v) is 11.9. The van der Waals surface area contributed by atoms with Crippen LogP contribution in [0.4, 0.5) is 10.8 Å². The van der Waals surface area contributed by atoms with E-state index in [1.54, 1.807) is 36.4 Å². The third-order valence-electron chi connectivity index (χ3n) is 6.25. The molecule has 2 aromatic heterocycles. The van der Waals surface area contributed by atoms with Gasteiger partial charge in [0.05, 0.1) is 22.1 Å². The van der Waals surface area contributed by atoms with Crippen molar-refractivity contribution in [1.82, 2.24) is 9.97 Å². The molecule has 1 saturated heterocycles. The van der Waals surface area contributed by atoms with Gasteiger partial charge in [-0.25, -0.2) is 13.4 Å². The number of aromatic nitrogens is 2. The number of nitro groups is 1. The van der Waals surface area contributed by atoms with E-state index in [9.17, 15) is 32.9 Å². The van der Waals surface area contributed by atoms with Crippen molar-refractivity contribution >= 4 is 49.5 Å². The van der Waals surface area contributed by atoms with Crippen molar-refractivity contribution in [3.63, 3.8) is 0 Å². The number of aryl methyl sites for hydroxylation is 1. The Bertz CT molecular complexity index is 1720. The number of nitrogens with zero attached hydrogens (tertiary/aromatic N) is 4. The second kappa shape index (κ2) is 9.93. The highest BCUT2D eigenvalue weighted by Gasteiger charge is 2.53. The molecule has 1 aliphatic heterocycles. The first kappa shape index (κ1) is 26.0. The highest BCUT2D eigenvalue weighted by molar-refractivity contribution is 7.93. The quantitative estimate of drug-likeness (QED) is 0.108. The molecule has 0 saturated carbocycles. The Balaban J connectivity index is 1.56. The van der Waals surface area contributed by atoms with E-state index < -0.39 is 44.2 Å². The number of rotatable bonds is 7. The van der Waals surface area contributed by atoms with Gasteiger partial charge in [0.15, 0.2) is 10.9 Å². The molecule has 196 valence electrons. The van der Waals surface area contributed by atoms with Crippen molar-refractivity contribution in [3.05, 3.63) is 106 Å². The highest BCUT2D eigenvalue weighted by Crippen LogP contribution is 2.43. The number of benzene rings is 2. The number of non-ortho nitro benzene ring substituents is 1. The van der Waals surface area contributed by atoms with Gasteiger partial charge < -0.3 is 0 Å². The predicted octanol–water partition coefficient (Wildman–Crippen LogP) is 3.74. The van der Waals surface area contributed by atoms with Crippen LogP contribution in [0.5, 0.6) is 0 Å². The molecule has 0 aliphatic carbocycles. The number of nitro benzene ring substituents is 1. The molecule has 2 aromatic carbocycles. The van der Waals surface area contributed by atoms with E-state index in [2.05, 4.69) is 9.97 Å². The van der Waals surface area contributed by atoms with Gasteiger partial charge in [-0.15, -0.1) is 0 Å². The monoisotopic (exact) mass is 562 g/mol. The molecule has 4 aromatic rings. The van der Waals surface area contributed by atoms with Crippen molar-refractivity contribution in [3.8, 4) is 0 Å². The van der Waals surface area contributed by atoms with E-state index in [1.807, 2.05) is 6.92 Å². The molecule has 0 radical (unpaired) electrons. The Morgan fingerprint density at radius 2 is 1.72 bits per heavy atom. The number of carbonyl (C=O) groups is 3. The summed E-state index contributed by atoms with van der Waals surface area (Å²) < 4.78 is 26.1. The number of hydrogen-bond donors (Lipinski definition) is 0. The molecule has 13 heteroatoms. The van der Waals surface area contributed by atoms with Crippen LogP contribution in [0.25, 0.3) is 0 Å². The lowest BCUT2D eigenvalue weighted by Crippen LogP contribution is -2.30. The van der Waals surface area contributed by atoms with Crippen molar-refractivity contribution in [2.75, 3.05) is 4.90 Å². The van der Waals surface area contributed by atoms with Gasteiger partial charge in [0.2, 0.25) is 15.6 Å². The zero-order valence-electron chi connectivity index (χ0n) is 20.1. The summed E-state index contributed by atoms with van der Waals surface area (Å²) in [4.78, 5) is 59.3. The lowest BCUT2D eigenvalue weighted by atomic mass is 9.87. The van der Waals surface area contributed by atoms with Gasteiger partial charge in [-0.1, -0.05) is 47.2 Å². The summed E-state index contributed by atoms with van der Waals surface area (Å²) in [5.41, 5.74) is 1.29. The minimum atomic E-state index is -4.15. The molecule has 2 unspecified atom stereocenters. The van der Waals surface area contributed by atoms with Gasteiger partial charge in [0.25, 0.3) is 11.6 Å². The van der Waals surface area contributed by atoms with Gasteiger partial charge in [-0.3, -0.25) is 34.4 Å². The first-order valence-corrected chi connectivity index (χ1v) is 13.7. The standard InChI is InChI=1S/C26H18N4O7S2/c1-15-4-6-16(7-5-15)23(31)21-22(17-3-2-12-27-13-17)29(25(33)24(21)32)26-28-14-20(38-26)39(36,37)19-10-8-18(9-11-19)30(34)35/h2-14,21-22H,1H3. The van der Waals surface area contributed by atoms with Gasteiger partial charge in [0, 0.05) is 30.1 Å². The van der Waals surface area contributed by atoms with E-state index >= 15 is 0 Å². The number of carbonyl (C=O) groups excluding carboxylic acids is 3. The maximum Gasteiger partial charge on any atom is 0.297 e. The van der Waals surface area contributed by atoms with E-state index in [-0.39, 0.29) is 25.5 Å². The van der Waals surface area contributed by atoms with E-state index in [0.29, 0.717) is 16.9 Å². The van der Waals surface area contributed by atoms with E-state index in [1.165, 1.54) is 12.4 Å². The number of sulfone groups is 1. The molecule has 1 fully saturated rings. The Kier molecular flexibility index (Phi) is 6.62. The Morgan fingerprint density at radius 3 is 2.33 bits per heavy atom. The van der Waals surface area contributed by atoms with Crippen molar-refractivity contribution in [2.45, 2.75) is 22.1 Å². The van der Waals surface area contributed by atoms with Crippen LogP contribution in [0.3, 0.4) is 0 Å². The molecular weight excluding hydrogens is 544 g/mol. The minimum absolute atomic E-state index is 0.0955. The van der Waals surface area contributed by atoms with Crippen LogP contribution in [0.15, 0.2) is 88.4 Å². The zero-order chi connectivity index (χ0) is 27.9. The van der Waals surface area contributed by atoms with E-state index in [4.69, 9.17) is 0 Å². The fourth-order valence-electron chi connectivity index (χ4n) is 4.28. The second-order valence-electron chi connectivity index (χ2n) is 8.69. The van der Waals surface area contributed by atoms with Crippen LogP contribution in [0.2, 0.25) is 0 Å². The Labute approximate surface area is 225 Å². The van der Waals surface area contributed by atoms with Crippen LogP contribution in [0.1, 0.15) is 27.5 Å². The summed E-state index contributed by atoms with van der Waals surface area (Å²) in [5, 5.41) is 10.8. The van der Waals surface area contributed by atoms with Crippen LogP contribution in [-0.4, -0.2) is 40.8 Å². The van der Waals surface area contributed by atoms with Crippen LogP contribution in [-0.2, 0) is 19.4 Å². The summed E-state index contributed by atoms with van der Waals surface area (Å²) in [6, 6.07) is 13.1. The summed E-state index contributed by atoms with van der Waals surface area (Å²) in [5.74, 6) is -3.89. The first-order chi connectivity index (χ1) is 18.6. The average molecular weight is 563 g/mol. The molecule has 39 heavy (non-hydrogen) atoms. The van der Waals surface area contributed by atoms with Crippen molar-refractivity contribution in [1.29, 1.82) is 0 Å². The molecule has 1 amide bonds. The van der Waals surface area contributed by atoms with Crippen molar-refractivity contribution in [2.24, 2.45) is 5.92 Å². The summed E-state index contributed by atoms with van der Waals surface area (Å²) in [6.45, 7) is 1.85. The third-order valence-corrected chi connectivity index (χ3v) is 9.48. The van der Waals surface area contributed by atoms with Crippen LogP contribution in [0, 0.1) is 23.0 Å². The number of pyridine rings is 1. The Hall–Kier alpha value is -4.62. The summed E-state index contributed by atoms with van der Waals surface area (Å²) >= 11 is 0.646. The molecule has 0 N–H and O–H groups in total. The molecule has 2 atom stereocenters. The lowest BCUT2D eigenvalue weighted by Gasteiger charge is -2.24. The van der Waals surface area contributed by atoms with Crippen LogP contribution >= 0.6 is 11.3 Å². The molecule has 5 rings (SSSR count). The average Bonchev–Trinajstić information content (AvgIpc) is 3.53. The maximum atomic E-state index is 13.5. The third kappa shape index (κ3) is 4.62.